The minimum Gasteiger partial charge on any atom is -0.378 e. The first-order chi connectivity index (χ1) is 12.1. The maximum atomic E-state index is 12.3. The van der Waals surface area contributed by atoms with Gasteiger partial charge in [-0.05, 0) is 12.3 Å². The molecule has 1 aliphatic heterocycles. The molecule has 1 saturated heterocycles. The molecule has 1 aromatic rings. The quantitative estimate of drug-likeness (QED) is 0.851. The van der Waals surface area contributed by atoms with E-state index in [0.29, 0.717) is 31.3 Å². The topological polar surface area (TPSA) is 70.6 Å². The lowest BCUT2D eigenvalue weighted by Crippen LogP contribution is -2.37. The van der Waals surface area contributed by atoms with Crippen LogP contribution in [0, 0.1) is 5.92 Å². The molecule has 0 atom stereocenters. The Morgan fingerprint density at radius 1 is 1.32 bits per heavy atom. The molecule has 2 fully saturated rings. The number of amides is 1. The number of aromatic nitrogens is 2. The molecule has 0 spiro atoms. The number of nitrogens with zero attached hydrogens (tertiary/aromatic N) is 4. The molecule has 0 radical (unpaired) electrons. The Balaban J connectivity index is 1.63. The van der Waals surface area contributed by atoms with Gasteiger partial charge in [-0.2, -0.15) is 4.98 Å². The molecule has 0 unspecified atom stereocenters. The van der Waals surface area contributed by atoms with E-state index in [2.05, 4.69) is 20.2 Å². The van der Waals surface area contributed by atoms with Crippen molar-refractivity contribution in [2.45, 2.75) is 38.5 Å². The van der Waals surface area contributed by atoms with Crippen LogP contribution in [0.4, 0.5) is 17.5 Å². The normalized spacial score (nSPS) is 18.4. The number of hydrogen-bond donors (Lipinski definition) is 1. The van der Waals surface area contributed by atoms with Crippen LogP contribution in [0.25, 0.3) is 0 Å². The predicted octanol–water partition coefficient (Wildman–Crippen LogP) is 2.29. The molecular formula is C18H29N5O2. The number of carbonyl (C=O) groups is 1. The van der Waals surface area contributed by atoms with Gasteiger partial charge in [0, 0.05) is 33.6 Å². The summed E-state index contributed by atoms with van der Waals surface area (Å²) in [7, 11) is 3.86. The highest BCUT2D eigenvalue weighted by molar-refractivity contribution is 5.93. The van der Waals surface area contributed by atoms with Gasteiger partial charge in [-0.1, -0.05) is 25.7 Å². The largest absolute Gasteiger partial charge is 0.378 e. The molecule has 1 aliphatic carbocycles. The Labute approximate surface area is 149 Å². The Hall–Kier alpha value is -1.89. The van der Waals surface area contributed by atoms with Crippen molar-refractivity contribution < 1.29 is 9.53 Å². The molecule has 1 aromatic heterocycles. The van der Waals surface area contributed by atoms with Crippen LogP contribution in [0.2, 0.25) is 0 Å². The van der Waals surface area contributed by atoms with Crippen molar-refractivity contribution in [1.29, 1.82) is 0 Å². The van der Waals surface area contributed by atoms with Crippen LogP contribution < -0.4 is 15.1 Å². The summed E-state index contributed by atoms with van der Waals surface area (Å²) in [4.78, 5) is 25.5. The number of anilines is 3. The molecule has 138 valence electrons. The Morgan fingerprint density at radius 2 is 2.04 bits per heavy atom. The van der Waals surface area contributed by atoms with Gasteiger partial charge in [-0.3, -0.25) is 4.79 Å². The Kier molecular flexibility index (Phi) is 6.07. The number of rotatable bonds is 6. The minimum atomic E-state index is 0.0534. The fraction of sp³-hybridized carbons (Fsp3) is 0.722. The van der Waals surface area contributed by atoms with Crippen LogP contribution in [0.1, 0.15) is 38.5 Å². The summed E-state index contributed by atoms with van der Waals surface area (Å²) in [6.07, 6.45) is 8.45. The Bertz CT molecular complexity index is 581. The lowest BCUT2D eigenvalue weighted by molar-refractivity contribution is -0.116. The molecular weight excluding hydrogens is 318 g/mol. The summed E-state index contributed by atoms with van der Waals surface area (Å²) < 4.78 is 5.38. The van der Waals surface area contributed by atoms with Gasteiger partial charge < -0.3 is 19.9 Å². The maximum absolute atomic E-state index is 12.3. The summed E-state index contributed by atoms with van der Waals surface area (Å²) in [5.74, 6) is 2.21. The van der Waals surface area contributed by atoms with Crippen molar-refractivity contribution in [2.75, 3.05) is 55.5 Å². The average molecular weight is 347 g/mol. The van der Waals surface area contributed by atoms with E-state index in [0.717, 1.165) is 31.2 Å². The number of ether oxygens (including phenoxy) is 1. The molecule has 3 rings (SSSR count). The SMILES string of the molecule is CN(C)c1nc(N2CCOCC2)ncc1NC(=O)CCC1CCCC1. The summed E-state index contributed by atoms with van der Waals surface area (Å²) in [6, 6.07) is 0. The first kappa shape index (κ1) is 17.9. The van der Waals surface area contributed by atoms with E-state index in [4.69, 9.17) is 4.74 Å². The van der Waals surface area contributed by atoms with E-state index in [-0.39, 0.29) is 5.91 Å². The number of morpholine rings is 1. The first-order valence-corrected chi connectivity index (χ1v) is 9.30. The first-order valence-electron chi connectivity index (χ1n) is 9.30. The molecule has 2 heterocycles. The fourth-order valence-electron chi connectivity index (χ4n) is 3.56. The van der Waals surface area contributed by atoms with Crippen LogP contribution in [0.3, 0.4) is 0 Å². The highest BCUT2D eigenvalue weighted by Gasteiger charge is 2.19. The van der Waals surface area contributed by atoms with E-state index in [1.54, 1.807) is 6.20 Å². The van der Waals surface area contributed by atoms with E-state index in [1.807, 2.05) is 19.0 Å². The lowest BCUT2D eigenvalue weighted by atomic mass is 10.0. The van der Waals surface area contributed by atoms with Crippen molar-refractivity contribution in [1.82, 2.24) is 9.97 Å². The highest BCUT2D eigenvalue weighted by atomic mass is 16.5. The molecule has 0 aromatic carbocycles. The number of carbonyl (C=O) groups excluding carboxylic acids is 1. The van der Waals surface area contributed by atoms with Gasteiger partial charge in [-0.15, -0.1) is 0 Å². The number of hydrogen-bond acceptors (Lipinski definition) is 6. The highest BCUT2D eigenvalue weighted by Crippen LogP contribution is 2.29. The van der Waals surface area contributed by atoms with Crippen molar-refractivity contribution in [3.8, 4) is 0 Å². The second-order valence-electron chi connectivity index (χ2n) is 7.14. The fourth-order valence-corrected chi connectivity index (χ4v) is 3.56. The zero-order valence-corrected chi connectivity index (χ0v) is 15.3. The summed E-state index contributed by atoms with van der Waals surface area (Å²) in [5, 5.41) is 3.00. The second-order valence-corrected chi connectivity index (χ2v) is 7.14. The molecule has 25 heavy (non-hydrogen) atoms. The van der Waals surface area contributed by atoms with Crippen molar-refractivity contribution in [3.05, 3.63) is 6.20 Å². The van der Waals surface area contributed by atoms with E-state index < -0.39 is 0 Å². The van der Waals surface area contributed by atoms with Gasteiger partial charge in [0.25, 0.3) is 0 Å². The zero-order chi connectivity index (χ0) is 17.6. The third-order valence-electron chi connectivity index (χ3n) is 5.00. The molecule has 2 aliphatic rings. The summed E-state index contributed by atoms with van der Waals surface area (Å²) in [6.45, 7) is 2.97. The second kappa shape index (κ2) is 8.47. The number of nitrogens with one attached hydrogen (secondary N) is 1. The van der Waals surface area contributed by atoms with Crippen LogP contribution in [0.15, 0.2) is 6.20 Å². The van der Waals surface area contributed by atoms with Crippen molar-refractivity contribution >= 4 is 23.4 Å². The van der Waals surface area contributed by atoms with Crippen molar-refractivity contribution in [2.24, 2.45) is 5.92 Å². The van der Waals surface area contributed by atoms with Crippen molar-refractivity contribution in [3.63, 3.8) is 0 Å². The third kappa shape index (κ3) is 4.81. The zero-order valence-electron chi connectivity index (χ0n) is 15.3. The van der Waals surface area contributed by atoms with Crippen LogP contribution in [0.5, 0.6) is 0 Å². The summed E-state index contributed by atoms with van der Waals surface area (Å²) in [5.41, 5.74) is 0.679. The van der Waals surface area contributed by atoms with Gasteiger partial charge in [0.1, 0.15) is 5.69 Å². The Morgan fingerprint density at radius 3 is 2.72 bits per heavy atom. The minimum absolute atomic E-state index is 0.0534. The van der Waals surface area contributed by atoms with Gasteiger partial charge in [0.2, 0.25) is 11.9 Å². The van der Waals surface area contributed by atoms with E-state index >= 15 is 0 Å². The smallest absolute Gasteiger partial charge is 0.227 e. The van der Waals surface area contributed by atoms with Crippen LogP contribution in [-0.4, -0.2) is 56.3 Å². The standard InChI is InChI=1S/C18H29N5O2/c1-22(2)17-15(20-16(24)8-7-14-5-3-4-6-14)13-19-18(21-17)23-9-11-25-12-10-23/h13-14H,3-12H2,1-2H3,(H,20,24). The van der Waals surface area contributed by atoms with E-state index in [9.17, 15) is 4.79 Å². The van der Waals surface area contributed by atoms with Gasteiger partial charge >= 0.3 is 0 Å². The van der Waals surface area contributed by atoms with Gasteiger partial charge in [-0.25, -0.2) is 4.98 Å². The van der Waals surface area contributed by atoms with Crippen LogP contribution >= 0.6 is 0 Å². The molecule has 1 N–H and O–H groups in total. The third-order valence-corrected chi connectivity index (χ3v) is 5.00. The average Bonchev–Trinajstić information content (AvgIpc) is 3.14. The van der Waals surface area contributed by atoms with Gasteiger partial charge in [0.15, 0.2) is 5.82 Å². The van der Waals surface area contributed by atoms with E-state index in [1.165, 1.54) is 25.7 Å². The monoisotopic (exact) mass is 347 g/mol. The maximum Gasteiger partial charge on any atom is 0.227 e. The molecule has 0 bridgehead atoms. The molecule has 1 amide bonds. The molecule has 7 heteroatoms. The summed E-state index contributed by atoms with van der Waals surface area (Å²) >= 11 is 0. The van der Waals surface area contributed by atoms with Crippen LogP contribution in [-0.2, 0) is 9.53 Å². The lowest BCUT2D eigenvalue weighted by Gasteiger charge is -2.28. The predicted molar refractivity (Wildman–Crippen MR) is 99.2 cm³/mol. The molecule has 1 saturated carbocycles. The molecule has 7 nitrogen and oxygen atoms in total. The van der Waals surface area contributed by atoms with Gasteiger partial charge in [0.05, 0.1) is 19.4 Å².